The molecule has 0 atom stereocenters. The average Bonchev–Trinajstić information content (AvgIpc) is 2.75. The molecule has 66 valence electrons. The topological polar surface area (TPSA) is 17.8 Å². The highest BCUT2D eigenvalue weighted by atomic mass is 15.3. The van der Waals surface area contributed by atoms with Gasteiger partial charge >= 0.3 is 0 Å². The average molecular weight is 164 g/mol. The van der Waals surface area contributed by atoms with Crippen molar-refractivity contribution in [3.05, 3.63) is 17.5 Å². The summed E-state index contributed by atoms with van der Waals surface area (Å²) in [6.07, 6.45) is 4.86. The Balaban J connectivity index is 2.30. The van der Waals surface area contributed by atoms with Gasteiger partial charge in [-0.25, -0.2) is 0 Å². The zero-order valence-corrected chi connectivity index (χ0v) is 8.04. The summed E-state index contributed by atoms with van der Waals surface area (Å²) < 4.78 is 2.14. The quantitative estimate of drug-likeness (QED) is 0.657. The van der Waals surface area contributed by atoms with Gasteiger partial charge < -0.3 is 0 Å². The minimum absolute atomic E-state index is 0.609. The van der Waals surface area contributed by atoms with Crippen molar-refractivity contribution >= 4 is 0 Å². The smallest absolute Gasteiger partial charge is 0.0628 e. The maximum atomic E-state index is 4.51. The summed E-state index contributed by atoms with van der Waals surface area (Å²) >= 11 is 0. The molecule has 0 aromatic carbocycles. The Morgan fingerprint density at radius 1 is 1.50 bits per heavy atom. The first-order valence-corrected chi connectivity index (χ1v) is 4.74. The van der Waals surface area contributed by atoms with Crippen molar-refractivity contribution in [2.45, 2.75) is 45.6 Å². The van der Waals surface area contributed by atoms with Crippen molar-refractivity contribution in [2.24, 2.45) is 0 Å². The van der Waals surface area contributed by atoms with E-state index in [0.29, 0.717) is 5.92 Å². The fourth-order valence-electron chi connectivity index (χ4n) is 1.59. The van der Waals surface area contributed by atoms with Crippen LogP contribution in [-0.2, 0) is 0 Å². The highest BCUT2D eigenvalue weighted by molar-refractivity contribution is 5.19. The summed E-state index contributed by atoms with van der Waals surface area (Å²) in [5, 5.41) is 4.51. The van der Waals surface area contributed by atoms with E-state index in [1.165, 1.54) is 24.1 Å². The molecule has 1 heterocycles. The summed E-state index contributed by atoms with van der Waals surface area (Å²) in [7, 11) is 0. The molecule has 1 aliphatic carbocycles. The van der Waals surface area contributed by atoms with Crippen LogP contribution in [0.5, 0.6) is 0 Å². The second-order valence-electron chi connectivity index (χ2n) is 4.04. The first-order chi connectivity index (χ1) is 5.68. The van der Waals surface area contributed by atoms with Crippen molar-refractivity contribution in [3.63, 3.8) is 0 Å². The third kappa shape index (κ3) is 1.26. The monoisotopic (exact) mass is 164 g/mol. The van der Waals surface area contributed by atoms with Crippen LogP contribution in [0.3, 0.4) is 0 Å². The Kier molecular flexibility index (Phi) is 1.71. The number of aryl methyl sites for hydroxylation is 1. The molecule has 0 saturated heterocycles. The van der Waals surface area contributed by atoms with Crippen LogP contribution < -0.4 is 0 Å². The Morgan fingerprint density at radius 3 is 2.58 bits per heavy atom. The van der Waals surface area contributed by atoms with Crippen molar-refractivity contribution in [1.82, 2.24) is 9.78 Å². The van der Waals surface area contributed by atoms with Crippen molar-refractivity contribution < 1.29 is 0 Å². The Hall–Kier alpha value is -0.790. The maximum Gasteiger partial charge on any atom is 0.0628 e. The zero-order valence-electron chi connectivity index (χ0n) is 8.04. The van der Waals surface area contributed by atoms with E-state index in [4.69, 9.17) is 0 Å². The molecule has 0 N–H and O–H groups in total. The lowest BCUT2D eigenvalue weighted by Gasteiger charge is -1.99. The van der Waals surface area contributed by atoms with E-state index in [0.717, 1.165) is 6.04 Å². The van der Waals surface area contributed by atoms with Crippen molar-refractivity contribution in [2.75, 3.05) is 0 Å². The SMILES string of the molecule is Cc1nn(C2CC2)cc1C(C)C. The largest absolute Gasteiger partial charge is 0.269 e. The molecule has 2 heteroatoms. The first-order valence-electron chi connectivity index (χ1n) is 4.74. The highest BCUT2D eigenvalue weighted by Gasteiger charge is 2.25. The van der Waals surface area contributed by atoms with E-state index >= 15 is 0 Å². The normalized spacial score (nSPS) is 17.3. The number of aromatic nitrogens is 2. The van der Waals surface area contributed by atoms with Crippen LogP contribution in [-0.4, -0.2) is 9.78 Å². The molecule has 1 aromatic heterocycles. The Labute approximate surface area is 73.6 Å². The minimum atomic E-state index is 0.609. The van der Waals surface area contributed by atoms with E-state index < -0.39 is 0 Å². The molecule has 1 saturated carbocycles. The lowest BCUT2D eigenvalue weighted by molar-refractivity contribution is 0.635. The van der Waals surface area contributed by atoms with E-state index in [9.17, 15) is 0 Å². The van der Waals surface area contributed by atoms with Crippen LogP contribution in [0.1, 0.15) is 49.9 Å². The highest BCUT2D eigenvalue weighted by Crippen LogP contribution is 2.35. The zero-order chi connectivity index (χ0) is 8.72. The van der Waals surface area contributed by atoms with Gasteiger partial charge in [0, 0.05) is 6.20 Å². The van der Waals surface area contributed by atoms with Gasteiger partial charge in [0.15, 0.2) is 0 Å². The molecule has 1 aromatic rings. The van der Waals surface area contributed by atoms with Crippen LogP contribution in [0.25, 0.3) is 0 Å². The van der Waals surface area contributed by atoms with Crippen molar-refractivity contribution in [3.8, 4) is 0 Å². The second kappa shape index (κ2) is 2.61. The molecule has 0 amide bonds. The Morgan fingerprint density at radius 2 is 2.17 bits per heavy atom. The lowest BCUT2D eigenvalue weighted by atomic mass is 10.1. The summed E-state index contributed by atoms with van der Waals surface area (Å²) in [4.78, 5) is 0. The Bertz CT molecular complexity index is 282. The fraction of sp³-hybridized carbons (Fsp3) is 0.700. The van der Waals surface area contributed by atoms with Gasteiger partial charge in [0.1, 0.15) is 0 Å². The van der Waals surface area contributed by atoms with Crippen molar-refractivity contribution in [1.29, 1.82) is 0 Å². The van der Waals surface area contributed by atoms with Crippen LogP contribution in [0.4, 0.5) is 0 Å². The molecule has 2 rings (SSSR count). The molecular weight excluding hydrogens is 148 g/mol. The second-order valence-corrected chi connectivity index (χ2v) is 4.04. The lowest BCUT2D eigenvalue weighted by Crippen LogP contribution is -1.93. The third-order valence-corrected chi connectivity index (χ3v) is 2.50. The van der Waals surface area contributed by atoms with Crippen LogP contribution in [0.2, 0.25) is 0 Å². The summed E-state index contributed by atoms with van der Waals surface area (Å²) in [6.45, 7) is 6.55. The summed E-state index contributed by atoms with van der Waals surface area (Å²) in [5.74, 6) is 0.609. The predicted octanol–water partition coefficient (Wildman–Crippen LogP) is 2.65. The molecule has 2 nitrogen and oxygen atoms in total. The summed E-state index contributed by atoms with van der Waals surface area (Å²) in [5.41, 5.74) is 2.61. The number of rotatable bonds is 2. The fourth-order valence-corrected chi connectivity index (χ4v) is 1.59. The van der Waals surface area contributed by atoms with Crippen LogP contribution in [0, 0.1) is 6.92 Å². The van der Waals surface area contributed by atoms with Gasteiger partial charge in [-0.2, -0.15) is 5.10 Å². The van der Waals surface area contributed by atoms with E-state index in [1.807, 2.05) is 0 Å². The minimum Gasteiger partial charge on any atom is -0.269 e. The number of hydrogen-bond acceptors (Lipinski definition) is 1. The predicted molar refractivity (Wildman–Crippen MR) is 49.3 cm³/mol. The molecule has 0 unspecified atom stereocenters. The molecular formula is C10H16N2. The standard InChI is InChI=1S/C10H16N2/c1-7(2)10-6-12(9-4-5-9)11-8(10)3/h6-7,9H,4-5H2,1-3H3. The number of hydrogen-bond donors (Lipinski definition) is 0. The van der Waals surface area contributed by atoms with Gasteiger partial charge in [-0.15, -0.1) is 0 Å². The van der Waals surface area contributed by atoms with Gasteiger partial charge in [0.05, 0.1) is 11.7 Å². The third-order valence-electron chi connectivity index (χ3n) is 2.50. The van der Waals surface area contributed by atoms with Gasteiger partial charge in [-0.3, -0.25) is 4.68 Å². The molecule has 0 spiro atoms. The van der Waals surface area contributed by atoms with Gasteiger partial charge in [0.25, 0.3) is 0 Å². The van der Waals surface area contributed by atoms with E-state index in [-0.39, 0.29) is 0 Å². The first kappa shape index (κ1) is 7.84. The number of nitrogens with zero attached hydrogens (tertiary/aromatic N) is 2. The molecule has 0 bridgehead atoms. The molecule has 1 aliphatic rings. The molecule has 12 heavy (non-hydrogen) atoms. The van der Waals surface area contributed by atoms with Gasteiger partial charge in [0.2, 0.25) is 0 Å². The van der Waals surface area contributed by atoms with Gasteiger partial charge in [-0.1, -0.05) is 13.8 Å². The van der Waals surface area contributed by atoms with E-state index in [1.54, 1.807) is 0 Å². The van der Waals surface area contributed by atoms with E-state index in [2.05, 4.69) is 36.7 Å². The van der Waals surface area contributed by atoms with Gasteiger partial charge in [-0.05, 0) is 31.2 Å². The van der Waals surface area contributed by atoms with Crippen LogP contribution in [0.15, 0.2) is 6.20 Å². The summed E-state index contributed by atoms with van der Waals surface area (Å²) in [6, 6.07) is 0.719. The maximum absolute atomic E-state index is 4.51. The molecule has 0 radical (unpaired) electrons. The molecule has 0 aliphatic heterocycles. The van der Waals surface area contributed by atoms with Crippen LogP contribution >= 0.6 is 0 Å². The molecule has 1 fully saturated rings.